The second-order valence-corrected chi connectivity index (χ2v) is 4.66. The maximum absolute atomic E-state index is 3.90. The maximum atomic E-state index is 3.90. The summed E-state index contributed by atoms with van der Waals surface area (Å²) < 4.78 is 0. The summed E-state index contributed by atoms with van der Waals surface area (Å²) in [4.78, 5) is 2.10. The summed E-state index contributed by atoms with van der Waals surface area (Å²) in [6, 6.07) is 18.8. The Hall–Kier alpha value is -2.28. The average molecular weight is 249 g/mol. The van der Waals surface area contributed by atoms with E-state index in [0.717, 1.165) is 5.57 Å². The van der Waals surface area contributed by atoms with Gasteiger partial charge in [0.15, 0.2) is 0 Å². The minimum atomic E-state index is 1.14. The van der Waals surface area contributed by atoms with E-state index in [-0.39, 0.29) is 0 Å². The van der Waals surface area contributed by atoms with Gasteiger partial charge < -0.3 is 4.90 Å². The average Bonchev–Trinajstić information content (AvgIpc) is 2.46. The lowest BCUT2D eigenvalue weighted by Crippen LogP contribution is -2.07. The summed E-state index contributed by atoms with van der Waals surface area (Å²) >= 11 is 0. The fraction of sp³-hybridized carbons (Fsp3) is 0.111. The summed E-state index contributed by atoms with van der Waals surface area (Å²) in [5.41, 5.74) is 4.72. The van der Waals surface area contributed by atoms with Gasteiger partial charge >= 0.3 is 0 Å². The zero-order valence-corrected chi connectivity index (χ0v) is 11.5. The molecule has 0 heterocycles. The summed E-state index contributed by atoms with van der Waals surface area (Å²) in [6.45, 7) is 3.90. The van der Waals surface area contributed by atoms with Crippen molar-refractivity contribution in [3.05, 3.63) is 78.4 Å². The first-order chi connectivity index (χ1) is 9.20. The highest BCUT2D eigenvalue weighted by atomic mass is 15.1. The smallest absolute Gasteiger partial charge is 0.0361 e. The second-order valence-electron chi connectivity index (χ2n) is 4.66. The third-order valence-electron chi connectivity index (χ3n) is 3.06. The summed E-state index contributed by atoms with van der Waals surface area (Å²) in [7, 11) is 4.09. The summed E-state index contributed by atoms with van der Waals surface area (Å²) in [5.74, 6) is 0. The summed E-state index contributed by atoms with van der Waals surface area (Å²) in [5, 5.41) is 0. The van der Waals surface area contributed by atoms with Crippen molar-refractivity contribution < 1.29 is 0 Å². The molecule has 19 heavy (non-hydrogen) atoms. The second kappa shape index (κ2) is 6.05. The molecular formula is C18H19N. The van der Waals surface area contributed by atoms with Crippen LogP contribution in [0.2, 0.25) is 0 Å². The van der Waals surface area contributed by atoms with Crippen LogP contribution in [0.25, 0.3) is 11.6 Å². The molecule has 0 unspecified atom stereocenters. The van der Waals surface area contributed by atoms with Crippen LogP contribution in [-0.4, -0.2) is 14.1 Å². The number of benzene rings is 2. The topological polar surface area (TPSA) is 3.24 Å². The molecule has 1 heteroatoms. The number of nitrogens with zero attached hydrogens (tertiary/aromatic N) is 1. The molecule has 2 aromatic carbocycles. The van der Waals surface area contributed by atoms with Crippen molar-refractivity contribution in [3.63, 3.8) is 0 Å². The van der Waals surface area contributed by atoms with Gasteiger partial charge in [0.05, 0.1) is 0 Å². The van der Waals surface area contributed by atoms with Gasteiger partial charge in [-0.15, -0.1) is 0 Å². The van der Waals surface area contributed by atoms with E-state index in [4.69, 9.17) is 0 Å². The highest BCUT2D eigenvalue weighted by Crippen LogP contribution is 2.20. The largest absolute Gasteiger partial charge is 0.378 e. The molecule has 0 spiro atoms. The first kappa shape index (κ1) is 13.2. The quantitative estimate of drug-likeness (QED) is 0.570. The van der Waals surface area contributed by atoms with Gasteiger partial charge in [-0.2, -0.15) is 0 Å². The van der Waals surface area contributed by atoms with E-state index < -0.39 is 0 Å². The molecule has 0 N–H and O–H groups in total. The van der Waals surface area contributed by atoms with Gasteiger partial charge in [0, 0.05) is 19.8 Å². The van der Waals surface area contributed by atoms with Crippen molar-refractivity contribution in [2.24, 2.45) is 0 Å². The van der Waals surface area contributed by atoms with Crippen molar-refractivity contribution in [1.82, 2.24) is 0 Å². The maximum Gasteiger partial charge on any atom is 0.0361 e. The number of hydrogen-bond donors (Lipinski definition) is 0. The zero-order valence-electron chi connectivity index (χ0n) is 11.5. The third kappa shape index (κ3) is 3.35. The fourth-order valence-corrected chi connectivity index (χ4v) is 1.94. The van der Waals surface area contributed by atoms with Crippen molar-refractivity contribution in [2.75, 3.05) is 19.0 Å². The van der Waals surface area contributed by atoms with Crippen LogP contribution < -0.4 is 4.90 Å². The zero-order chi connectivity index (χ0) is 13.7. The molecule has 0 radical (unpaired) electrons. The Kier molecular flexibility index (Phi) is 4.19. The van der Waals surface area contributed by atoms with Gasteiger partial charge in [0.2, 0.25) is 0 Å². The fourth-order valence-electron chi connectivity index (χ4n) is 1.94. The molecule has 0 saturated carbocycles. The van der Waals surface area contributed by atoms with Crippen LogP contribution in [0.1, 0.15) is 11.1 Å². The first-order valence-corrected chi connectivity index (χ1v) is 6.37. The Morgan fingerprint density at radius 2 is 1.58 bits per heavy atom. The molecular weight excluding hydrogens is 230 g/mol. The molecule has 0 saturated heterocycles. The Labute approximate surface area is 115 Å². The first-order valence-electron chi connectivity index (χ1n) is 6.37. The van der Waals surface area contributed by atoms with E-state index in [1.165, 1.54) is 16.8 Å². The molecule has 0 fully saturated rings. The van der Waals surface area contributed by atoms with E-state index in [1.54, 1.807) is 0 Å². The normalized spacial score (nSPS) is 11.2. The van der Waals surface area contributed by atoms with Gasteiger partial charge in [-0.3, -0.25) is 0 Å². The molecule has 0 aliphatic carbocycles. The molecule has 0 aromatic heterocycles. The predicted octanol–water partition coefficient (Wildman–Crippen LogP) is 4.48. The SMILES string of the molecule is C=CC(=Cc1ccc(N(C)C)cc1)c1ccccc1. The molecule has 0 bridgehead atoms. The van der Waals surface area contributed by atoms with Crippen molar-refractivity contribution in [3.8, 4) is 0 Å². The molecule has 0 aliphatic rings. The number of hydrogen-bond acceptors (Lipinski definition) is 1. The van der Waals surface area contributed by atoms with E-state index in [1.807, 2.05) is 38.4 Å². The van der Waals surface area contributed by atoms with Crippen LogP contribution >= 0.6 is 0 Å². The van der Waals surface area contributed by atoms with Gasteiger partial charge in [0.25, 0.3) is 0 Å². The summed E-state index contributed by atoms with van der Waals surface area (Å²) in [6.07, 6.45) is 4.05. The van der Waals surface area contributed by atoms with Gasteiger partial charge in [-0.1, -0.05) is 55.1 Å². The van der Waals surface area contributed by atoms with Crippen molar-refractivity contribution in [1.29, 1.82) is 0 Å². The number of rotatable bonds is 4. The van der Waals surface area contributed by atoms with Crippen LogP contribution in [0.3, 0.4) is 0 Å². The van der Waals surface area contributed by atoms with Gasteiger partial charge in [-0.25, -0.2) is 0 Å². The lowest BCUT2D eigenvalue weighted by Gasteiger charge is -2.12. The third-order valence-corrected chi connectivity index (χ3v) is 3.06. The monoisotopic (exact) mass is 249 g/mol. The number of allylic oxidation sites excluding steroid dienone is 2. The molecule has 0 amide bonds. The molecule has 0 atom stereocenters. The van der Waals surface area contributed by atoms with E-state index in [2.05, 4.69) is 54.0 Å². The van der Waals surface area contributed by atoms with E-state index in [0.29, 0.717) is 0 Å². The van der Waals surface area contributed by atoms with Crippen molar-refractivity contribution in [2.45, 2.75) is 0 Å². The van der Waals surface area contributed by atoms with Gasteiger partial charge in [0.1, 0.15) is 0 Å². The van der Waals surface area contributed by atoms with Crippen molar-refractivity contribution >= 4 is 17.3 Å². The number of anilines is 1. The van der Waals surface area contributed by atoms with Gasteiger partial charge in [-0.05, 0) is 34.9 Å². The predicted molar refractivity (Wildman–Crippen MR) is 85.3 cm³/mol. The lowest BCUT2D eigenvalue weighted by molar-refractivity contribution is 1.13. The highest BCUT2D eigenvalue weighted by Gasteiger charge is 1.98. The van der Waals surface area contributed by atoms with Crippen LogP contribution in [0.5, 0.6) is 0 Å². The molecule has 2 rings (SSSR count). The Morgan fingerprint density at radius 3 is 2.11 bits per heavy atom. The Bertz CT molecular complexity index is 562. The standard InChI is InChI=1S/C18H19N/c1-4-16(17-8-6-5-7-9-17)14-15-10-12-18(13-11-15)19(2)3/h4-14H,1H2,2-3H3. The van der Waals surface area contributed by atoms with E-state index in [9.17, 15) is 0 Å². The minimum absolute atomic E-state index is 1.14. The molecule has 2 aromatic rings. The van der Waals surface area contributed by atoms with Crippen LogP contribution in [-0.2, 0) is 0 Å². The van der Waals surface area contributed by atoms with E-state index >= 15 is 0 Å². The molecule has 0 aliphatic heterocycles. The molecule has 96 valence electrons. The Balaban J connectivity index is 2.30. The lowest BCUT2D eigenvalue weighted by atomic mass is 10.0. The van der Waals surface area contributed by atoms with Crippen LogP contribution in [0, 0.1) is 0 Å². The Morgan fingerprint density at radius 1 is 0.947 bits per heavy atom. The minimum Gasteiger partial charge on any atom is -0.378 e. The van der Waals surface area contributed by atoms with Crippen LogP contribution in [0.15, 0.2) is 67.3 Å². The highest BCUT2D eigenvalue weighted by molar-refractivity contribution is 5.87. The van der Waals surface area contributed by atoms with Crippen LogP contribution in [0.4, 0.5) is 5.69 Å². The molecule has 1 nitrogen and oxygen atoms in total.